The lowest BCUT2D eigenvalue weighted by atomic mass is 9.91. The number of alkyl halides is 3. The van der Waals surface area contributed by atoms with Gasteiger partial charge in [-0.15, -0.1) is 0 Å². The van der Waals surface area contributed by atoms with E-state index in [2.05, 4.69) is 0 Å². The van der Waals surface area contributed by atoms with Gasteiger partial charge in [0.15, 0.2) is 0 Å². The van der Waals surface area contributed by atoms with E-state index in [4.69, 9.17) is 5.11 Å². The van der Waals surface area contributed by atoms with Crippen molar-refractivity contribution in [2.75, 3.05) is 19.7 Å². The molecule has 2 rings (SSSR count). The first-order valence-electron chi connectivity index (χ1n) is 7.93. The molecular weight excluding hydrogens is 307 g/mol. The van der Waals surface area contributed by atoms with Gasteiger partial charge in [0.05, 0.1) is 11.5 Å². The molecule has 1 N–H and O–H groups in total. The highest BCUT2D eigenvalue weighted by molar-refractivity contribution is 5.83. The number of aliphatic hydroxyl groups excluding tert-OH is 1. The van der Waals surface area contributed by atoms with Gasteiger partial charge >= 0.3 is 6.18 Å². The third-order valence-corrected chi connectivity index (χ3v) is 4.51. The summed E-state index contributed by atoms with van der Waals surface area (Å²) in [4.78, 5) is 14.4. The molecule has 1 unspecified atom stereocenters. The Labute approximate surface area is 134 Å². The number of rotatable bonds is 4. The molecule has 0 aromatic heterocycles. The largest absolute Gasteiger partial charge is 0.416 e. The van der Waals surface area contributed by atoms with Crippen LogP contribution in [0.15, 0.2) is 24.3 Å². The van der Waals surface area contributed by atoms with Gasteiger partial charge in [0.2, 0.25) is 5.91 Å². The smallest absolute Gasteiger partial charge is 0.396 e. The Balaban J connectivity index is 2.15. The van der Waals surface area contributed by atoms with Crippen molar-refractivity contribution in [3.8, 4) is 0 Å². The fourth-order valence-corrected chi connectivity index (χ4v) is 3.04. The van der Waals surface area contributed by atoms with Crippen LogP contribution in [0.3, 0.4) is 0 Å². The standard InChI is InChI=1S/C17H22F3NO2/c1-2-15(13-4-3-5-14(10-13)17(18,19)20)16(23)21-8-6-12(11-22)7-9-21/h3-5,10,12,15,22H,2,6-9,11H2,1H3. The molecule has 0 saturated carbocycles. The van der Waals surface area contributed by atoms with Gasteiger partial charge in [0, 0.05) is 19.7 Å². The first-order chi connectivity index (χ1) is 10.9. The lowest BCUT2D eigenvalue weighted by molar-refractivity contribution is -0.138. The molecule has 6 heteroatoms. The number of carbonyl (C=O) groups is 1. The molecular formula is C17H22F3NO2. The van der Waals surface area contributed by atoms with Gasteiger partial charge in [-0.2, -0.15) is 13.2 Å². The Kier molecular flexibility index (Phi) is 5.68. The number of hydrogen-bond acceptors (Lipinski definition) is 2. The molecule has 1 aromatic rings. The van der Waals surface area contributed by atoms with Crippen LogP contribution in [0.4, 0.5) is 13.2 Å². The summed E-state index contributed by atoms with van der Waals surface area (Å²) in [6, 6.07) is 5.04. The normalized spacial score (nSPS) is 18.0. The number of likely N-dealkylation sites (tertiary alicyclic amines) is 1. The first-order valence-corrected chi connectivity index (χ1v) is 7.93. The summed E-state index contributed by atoms with van der Waals surface area (Å²) in [7, 11) is 0. The monoisotopic (exact) mass is 329 g/mol. The summed E-state index contributed by atoms with van der Waals surface area (Å²) in [5, 5.41) is 9.15. The topological polar surface area (TPSA) is 40.5 Å². The van der Waals surface area contributed by atoms with E-state index in [0.29, 0.717) is 25.1 Å². The van der Waals surface area contributed by atoms with E-state index in [1.165, 1.54) is 6.07 Å². The molecule has 0 radical (unpaired) electrons. The first kappa shape index (κ1) is 17.8. The van der Waals surface area contributed by atoms with Crippen LogP contribution in [0.25, 0.3) is 0 Å². The number of halogens is 3. The van der Waals surface area contributed by atoms with Crippen LogP contribution >= 0.6 is 0 Å². The van der Waals surface area contributed by atoms with Crippen LogP contribution in [-0.2, 0) is 11.0 Å². The fraction of sp³-hybridized carbons (Fsp3) is 0.588. The van der Waals surface area contributed by atoms with Crippen molar-refractivity contribution in [3.63, 3.8) is 0 Å². The Hall–Kier alpha value is -1.56. The Morgan fingerprint density at radius 1 is 1.35 bits per heavy atom. The molecule has 0 aliphatic carbocycles. The number of carbonyl (C=O) groups excluding carboxylic acids is 1. The molecule has 23 heavy (non-hydrogen) atoms. The van der Waals surface area contributed by atoms with E-state index in [1.54, 1.807) is 11.0 Å². The van der Waals surface area contributed by atoms with Crippen LogP contribution in [-0.4, -0.2) is 35.6 Å². The van der Waals surface area contributed by atoms with Crippen molar-refractivity contribution in [2.45, 2.75) is 38.3 Å². The van der Waals surface area contributed by atoms with Crippen LogP contribution in [0.1, 0.15) is 43.2 Å². The number of benzene rings is 1. The minimum absolute atomic E-state index is 0.118. The minimum Gasteiger partial charge on any atom is -0.396 e. The summed E-state index contributed by atoms with van der Waals surface area (Å²) in [5.74, 6) is -0.459. The lowest BCUT2D eigenvalue weighted by Crippen LogP contribution is -2.41. The highest BCUT2D eigenvalue weighted by Gasteiger charge is 2.33. The molecule has 1 fully saturated rings. The van der Waals surface area contributed by atoms with Crippen molar-refractivity contribution in [1.82, 2.24) is 4.90 Å². The van der Waals surface area contributed by atoms with E-state index in [0.717, 1.165) is 25.0 Å². The SMILES string of the molecule is CCC(C(=O)N1CCC(CO)CC1)c1cccc(C(F)(F)F)c1. The maximum absolute atomic E-state index is 12.9. The average Bonchev–Trinajstić information content (AvgIpc) is 2.55. The van der Waals surface area contributed by atoms with Crippen molar-refractivity contribution in [1.29, 1.82) is 0 Å². The van der Waals surface area contributed by atoms with Crippen LogP contribution in [0.2, 0.25) is 0 Å². The Morgan fingerprint density at radius 2 is 2.00 bits per heavy atom. The Morgan fingerprint density at radius 3 is 2.52 bits per heavy atom. The summed E-state index contributed by atoms with van der Waals surface area (Å²) in [5.41, 5.74) is -0.308. The second-order valence-electron chi connectivity index (χ2n) is 6.04. The molecule has 3 nitrogen and oxygen atoms in total. The number of aliphatic hydroxyl groups is 1. The minimum atomic E-state index is -4.41. The van der Waals surface area contributed by atoms with E-state index in [9.17, 15) is 18.0 Å². The predicted molar refractivity (Wildman–Crippen MR) is 80.9 cm³/mol. The van der Waals surface area contributed by atoms with Gasteiger partial charge in [0.25, 0.3) is 0 Å². The molecule has 1 saturated heterocycles. The second kappa shape index (κ2) is 7.34. The van der Waals surface area contributed by atoms with Crippen LogP contribution in [0, 0.1) is 5.92 Å². The van der Waals surface area contributed by atoms with E-state index in [1.807, 2.05) is 6.92 Å². The summed E-state index contributed by atoms with van der Waals surface area (Å²) in [6.07, 6.45) is -2.47. The zero-order valence-electron chi connectivity index (χ0n) is 13.1. The molecule has 1 aromatic carbocycles. The number of nitrogens with zero attached hydrogens (tertiary/aromatic N) is 1. The van der Waals surface area contributed by atoms with Crippen LogP contribution in [0.5, 0.6) is 0 Å². The van der Waals surface area contributed by atoms with Gasteiger partial charge in [-0.3, -0.25) is 4.79 Å². The lowest BCUT2D eigenvalue weighted by Gasteiger charge is -2.33. The molecule has 1 aliphatic rings. The molecule has 1 atom stereocenters. The predicted octanol–water partition coefficient (Wildman–Crippen LogP) is 3.43. The van der Waals surface area contributed by atoms with Gasteiger partial charge in [0.1, 0.15) is 0 Å². The maximum atomic E-state index is 12.9. The average molecular weight is 329 g/mol. The number of amides is 1. The summed E-state index contributed by atoms with van der Waals surface area (Å²) >= 11 is 0. The Bertz CT molecular complexity index is 537. The highest BCUT2D eigenvalue weighted by Crippen LogP contribution is 2.32. The molecule has 1 amide bonds. The van der Waals surface area contributed by atoms with Crippen molar-refractivity contribution in [2.24, 2.45) is 5.92 Å². The van der Waals surface area contributed by atoms with Crippen molar-refractivity contribution in [3.05, 3.63) is 35.4 Å². The van der Waals surface area contributed by atoms with Crippen molar-refractivity contribution < 1.29 is 23.1 Å². The molecule has 0 spiro atoms. The van der Waals surface area contributed by atoms with Crippen molar-refractivity contribution >= 4 is 5.91 Å². The number of piperidine rings is 1. The van der Waals surface area contributed by atoms with E-state index >= 15 is 0 Å². The quantitative estimate of drug-likeness (QED) is 0.919. The van der Waals surface area contributed by atoms with Gasteiger partial charge < -0.3 is 10.0 Å². The van der Waals surface area contributed by atoms with Gasteiger partial charge in [-0.25, -0.2) is 0 Å². The molecule has 0 bridgehead atoms. The van der Waals surface area contributed by atoms with E-state index in [-0.39, 0.29) is 18.4 Å². The number of hydrogen-bond donors (Lipinski definition) is 1. The molecule has 1 aliphatic heterocycles. The molecule has 128 valence electrons. The van der Waals surface area contributed by atoms with E-state index < -0.39 is 17.7 Å². The fourth-order valence-electron chi connectivity index (χ4n) is 3.04. The zero-order valence-corrected chi connectivity index (χ0v) is 13.1. The van der Waals surface area contributed by atoms with Gasteiger partial charge in [-0.05, 0) is 36.8 Å². The zero-order chi connectivity index (χ0) is 17.0. The molecule has 1 heterocycles. The van der Waals surface area contributed by atoms with Crippen LogP contribution < -0.4 is 0 Å². The summed E-state index contributed by atoms with van der Waals surface area (Å²) < 4.78 is 38.6. The third-order valence-electron chi connectivity index (χ3n) is 4.51. The summed E-state index contributed by atoms with van der Waals surface area (Å²) in [6.45, 7) is 3.04. The highest BCUT2D eigenvalue weighted by atomic mass is 19.4. The third kappa shape index (κ3) is 4.25. The maximum Gasteiger partial charge on any atom is 0.416 e. The second-order valence-corrected chi connectivity index (χ2v) is 6.04. The van der Waals surface area contributed by atoms with Gasteiger partial charge in [-0.1, -0.05) is 25.1 Å².